The maximum absolute atomic E-state index is 13.2. The second kappa shape index (κ2) is 6.11. The van der Waals surface area contributed by atoms with Crippen molar-refractivity contribution in [2.24, 2.45) is 5.41 Å². The molecule has 130 valence electrons. The number of ketones is 1. The monoisotopic (exact) mass is 356 g/mol. The molecule has 2 heterocycles. The quantitative estimate of drug-likeness (QED) is 0.665. The summed E-state index contributed by atoms with van der Waals surface area (Å²) in [6.45, 7) is 5.84. The first-order valence-corrected chi connectivity index (χ1v) is 9.44. The third kappa shape index (κ3) is 3.35. The van der Waals surface area contributed by atoms with Crippen LogP contribution in [-0.2, 0) is 10.0 Å². The molecular formula is C19H20N2O3S. The highest BCUT2D eigenvalue weighted by atomic mass is 32.2. The molecule has 1 aromatic carbocycles. The standard InChI is InChI=1S/C19H20N2O3S/c1-19(2,3)13-17(22)16-12-14-8-7-11-20-18(14)21(16)25(23,24)15-9-5-4-6-10-15/h4-12H,13H2,1-3H3. The third-order valence-electron chi connectivity index (χ3n) is 3.78. The van der Waals surface area contributed by atoms with E-state index in [2.05, 4.69) is 4.98 Å². The van der Waals surface area contributed by atoms with E-state index in [0.29, 0.717) is 5.39 Å². The number of hydrogen-bond acceptors (Lipinski definition) is 4. The fourth-order valence-electron chi connectivity index (χ4n) is 2.72. The van der Waals surface area contributed by atoms with Gasteiger partial charge in [-0.25, -0.2) is 17.4 Å². The third-order valence-corrected chi connectivity index (χ3v) is 5.50. The van der Waals surface area contributed by atoms with Crippen molar-refractivity contribution in [3.05, 3.63) is 60.4 Å². The summed E-state index contributed by atoms with van der Waals surface area (Å²) in [5.41, 5.74) is 0.165. The minimum Gasteiger partial charge on any atom is -0.292 e. The van der Waals surface area contributed by atoms with Crippen LogP contribution < -0.4 is 0 Å². The summed E-state index contributed by atoms with van der Waals surface area (Å²) in [7, 11) is -3.92. The van der Waals surface area contributed by atoms with Crippen molar-refractivity contribution in [2.45, 2.75) is 32.1 Å². The molecule has 0 spiro atoms. The van der Waals surface area contributed by atoms with Crippen molar-refractivity contribution in [2.75, 3.05) is 0 Å². The van der Waals surface area contributed by atoms with Gasteiger partial charge in [0.15, 0.2) is 11.4 Å². The maximum atomic E-state index is 13.2. The molecule has 0 saturated heterocycles. The molecule has 3 rings (SSSR count). The molecule has 5 nitrogen and oxygen atoms in total. The maximum Gasteiger partial charge on any atom is 0.270 e. The van der Waals surface area contributed by atoms with E-state index < -0.39 is 10.0 Å². The summed E-state index contributed by atoms with van der Waals surface area (Å²) in [6.07, 6.45) is 1.77. The van der Waals surface area contributed by atoms with E-state index in [4.69, 9.17) is 0 Å². The van der Waals surface area contributed by atoms with Gasteiger partial charge in [-0.15, -0.1) is 0 Å². The van der Waals surface area contributed by atoms with Crippen LogP contribution >= 0.6 is 0 Å². The minimum atomic E-state index is -3.92. The van der Waals surface area contributed by atoms with Crippen LogP contribution in [0.1, 0.15) is 37.7 Å². The van der Waals surface area contributed by atoms with Crippen LogP contribution in [-0.4, -0.2) is 23.2 Å². The van der Waals surface area contributed by atoms with E-state index in [-0.39, 0.29) is 33.9 Å². The van der Waals surface area contributed by atoms with Gasteiger partial charge in [-0.2, -0.15) is 0 Å². The average Bonchev–Trinajstić information content (AvgIpc) is 2.94. The molecule has 6 heteroatoms. The highest BCUT2D eigenvalue weighted by Gasteiger charge is 2.28. The normalized spacial score (nSPS) is 12.4. The van der Waals surface area contributed by atoms with Gasteiger partial charge in [-0.05, 0) is 35.7 Å². The average molecular weight is 356 g/mol. The van der Waals surface area contributed by atoms with Gasteiger partial charge in [0.2, 0.25) is 0 Å². The highest BCUT2D eigenvalue weighted by Crippen LogP contribution is 2.28. The molecule has 0 unspecified atom stereocenters. The molecule has 2 aromatic heterocycles. The molecule has 0 bridgehead atoms. The number of Topliss-reactive ketones (excluding diaryl/α,β-unsaturated/α-hetero) is 1. The lowest BCUT2D eigenvalue weighted by Gasteiger charge is -2.17. The molecular weight excluding hydrogens is 336 g/mol. The molecule has 25 heavy (non-hydrogen) atoms. The summed E-state index contributed by atoms with van der Waals surface area (Å²) in [4.78, 5) is 17.1. The van der Waals surface area contributed by atoms with Crippen molar-refractivity contribution < 1.29 is 13.2 Å². The van der Waals surface area contributed by atoms with Gasteiger partial charge in [0.1, 0.15) is 5.69 Å². The first-order valence-electron chi connectivity index (χ1n) is 8.00. The first kappa shape index (κ1) is 17.4. The smallest absolute Gasteiger partial charge is 0.270 e. The predicted molar refractivity (Wildman–Crippen MR) is 97.2 cm³/mol. The van der Waals surface area contributed by atoms with Crippen LogP contribution in [0.15, 0.2) is 59.6 Å². The zero-order valence-corrected chi connectivity index (χ0v) is 15.2. The van der Waals surface area contributed by atoms with Crippen molar-refractivity contribution in [3.8, 4) is 0 Å². The Bertz CT molecular complexity index is 1030. The molecule has 0 fully saturated rings. The Morgan fingerprint density at radius 1 is 1.08 bits per heavy atom. The van der Waals surface area contributed by atoms with Crippen LogP contribution in [0, 0.1) is 5.41 Å². The van der Waals surface area contributed by atoms with Crippen molar-refractivity contribution in [1.29, 1.82) is 0 Å². The number of rotatable bonds is 4. The van der Waals surface area contributed by atoms with Crippen LogP contribution in [0.3, 0.4) is 0 Å². The topological polar surface area (TPSA) is 69.0 Å². The largest absolute Gasteiger partial charge is 0.292 e. The van der Waals surface area contributed by atoms with E-state index >= 15 is 0 Å². The number of benzene rings is 1. The summed E-state index contributed by atoms with van der Waals surface area (Å²) < 4.78 is 27.4. The van der Waals surface area contributed by atoms with Gasteiger partial charge >= 0.3 is 0 Å². The van der Waals surface area contributed by atoms with Gasteiger partial charge in [-0.1, -0.05) is 39.0 Å². The van der Waals surface area contributed by atoms with Gasteiger partial charge in [-0.3, -0.25) is 4.79 Å². The second-order valence-electron chi connectivity index (χ2n) is 7.19. The van der Waals surface area contributed by atoms with E-state index in [0.717, 1.165) is 3.97 Å². The fraction of sp³-hybridized carbons (Fsp3) is 0.263. The molecule has 0 aliphatic rings. The predicted octanol–water partition coefficient (Wildman–Crippen LogP) is 3.89. The van der Waals surface area contributed by atoms with Crippen molar-refractivity contribution in [3.63, 3.8) is 0 Å². The van der Waals surface area contributed by atoms with E-state index in [1.807, 2.05) is 20.8 Å². The molecule has 0 aliphatic carbocycles. The number of hydrogen-bond donors (Lipinski definition) is 0. The Labute approximate surface area is 147 Å². The van der Waals surface area contributed by atoms with Gasteiger partial charge < -0.3 is 0 Å². The number of carbonyl (C=O) groups is 1. The van der Waals surface area contributed by atoms with Crippen LogP contribution in [0.2, 0.25) is 0 Å². The molecule has 0 radical (unpaired) electrons. The molecule has 0 N–H and O–H groups in total. The van der Waals surface area contributed by atoms with E-state index in [1.54, 1.807) is 36.4 Å². The first-order chi connectivity index (χ1) is 11.7. The Balaban J connectivity index is 2.26. The van der Waals surface area contributed by atoms with Gasteiger partial charge in [0.05, 0.1) is 4.90 Å². The number of aromatic nitrogens is 2. The van der Waals surface area contributed by atoms with E-state index in [1.165, 1.54) is 18.3 Å². The molecule has 0 aliphatic heterocycles. The van der Waals surface area contributed by atoms with Crippen LogP contribution in [0.4, 0.5) is 0 Å². The van der Waals surface area contributed by atoms with Crippen LogP contribution in [0.5, 0.6) is 0 Å². The highest BCUT2D eigenvalue weighted by molar-refractivity contribution is 7.90. The molecule has 0 saturated carbocycles. The molecule has 0 amide bonds. The Hall–Kier alpha value is -2.47. The fourth-order valence-corrected chi connectivity index (χ4v) is 4.22. The molecule has 3 aromatic rings. The minimum absolute atomic E-state index is 0.128. The summed E-state index contributed by atoms with van der Waals surface area (Å²) in [5, 5.41) is 0.624. The summed E-state index contributed by atoms with van der Waals surface area (Å²) in [5.74, 6) is -0.218. The molecule has 0 atom stereocenters. The number of carbonyl (C=O) groups excluding carboxylic acids is 1. The lowest BCUT2D eigenvalue weighted by atomic mass is 9.89. The number of pyridine rings is 1. The zero-order chi connectivity index (χ0) is 18.2. The van der Waals surface area contributed by atoms with Gasteiger partial charge in [0.25, 0.3) is 10.0 Å². The number of fused-ring (bicyclic) bond motifs is 1. The zero-order valence-electron chi connectivity index (χ0n) is 14.4. The van der Waals surface area contributed by atoms with Gasteiger partial charge in [0, 0.05) is 18.0 Å². The second-order valence-corrected chi connectivity index (χ2v) is 8.98. The Morgan fingerprint density at radius 3 is 2.40 bits per heavy atom. The van der Waals surface area contributed by atoms with Crippen molar-refractivity contribution >= 4 is 26.8 Å². The Kier molecular flexibility index (Phi) is 4.24. The van der Waals surface area contributed by atoms with Crippen molar-refractivity contribution in [1.82, 2.24) is 8.96 Å². The van der Waals surface area contributed by atoms with E-state index in [9.17, 15) is 13.2 Å². The van der Waals surface area contributed by atoms with Crippen LogP contribution in [0.25, 0.3) is 11.0 Å². The number of nitrogens with zero attached hydrogens (tertiary/aromatic N) is 2. The lowest BCUT2D eigenvalue weighted by Crippen LogP contribution is -2.21. The summed E-state index contributed by atoms with van der Waals surface area (Å²) in [6, 6.07) is 13.2. The lowest BCUT2D eigenvalue weighted by molar-refractivity contribution is 0.0934. The Morgan fingerprint density at radius 2 is 1.76 bits per heavy atom. The SMILES string of the molecule is CC(C)(C)CC(=O)c1cc2cccnc2n1S(=O)(=O)c1ccccc1. The summed E-state index contributed by atoms with van der Waals surface area (Å²) >= 11 is 0.